The van der Waals surface area contributed by atoms with E-state index in [1.165, 1.54) is 11.3 Å². The lowest BCUT2D eigenvalue weighted by atomic mass is 10.1. The van der Waals surface area contributed by atoms with Crippen molar-refractivity contribution < 1.29 is 28.9 Å². The lowest BCUT2D eigenvalue weighted by Crippen LogP contribution is -2.12. The van der Waals surface area contributed by atoms with E-state index in [0.717, 1.165) is 15.8 Å². The van der Waals surface area contributed by atoms with E-state index in [2.05, 4.69) is 10.3 Å². The Hall–Kier alpha value is -3.33. The van der Waals surface area contributed by atoms with Gasteiger partial charge in [0.1, 0.15) is 5.75 Å². The minimum atomic E-state index is -0.840. The standard InChI is InChI=1S/C22H24N2O6S/c1-28-17-9-5-14(12-18(17)29-2)6-10-20(25)24-22-23-16-8-7-15(13-19(16)31-22)30-11-3-4-21(26)27/h5,7-9,12-13H,3-4,6,10-11H2,1-2H3,(H,26,27)(H,23,24,25). The molecule has 3 aromatic rings. The number of carbonyl (C=O) groups excluding carboxylic acids is 1. The molecule has 1 amide bonds. The van der Waals surface area contributed by atoms with E-state index in [4.69, 9.17) is 19.3 Å². The van der Waals surface area contributed by atoms with Crippen LogP contribution < -0.4 is 19.5 Å². The molecule has 0 bridgehead atoms. The Morgan fingerprint density at radius 2 is 1.87 bits per heavy atom. The number of ether oxygens (including phenoxy) is 3. The zero-order valence-corrected chi connectivity index (χ0v) is 18.2. The molecule has 3 rings (SSSR count). The number of aromatic nitrogens is 1. The third-order valence-corrected chi connectivity index (χ3v) is 5.43. The van der Waals surface area contributed by atoms with Crippen LogP contribution in [0, 0.1) is 0 Å². The van der Waals surface area contributed by atoms with Crippen molar-refractivity contribution in [3.05, 3.63) is 42.0 Å². The highest BCUT2D eigenvalue weighted by atomic mass is 32.1. The minimum absolute atomic E-state index is 0.0717. The number of rotatable bonds is 11. The SMILES string of the molecule is COc1ccc(CCC(=O)Nc2nc3ccc(OCCCC(=O)O)cc3s2)cc1OC. The summed E-state index contributed by atoms with van der Waals surface area (Å²) in [5, 5.41) is 12.0. The number of fused-ring (bicyclic) bond motifs is 1. The maximum Gasteiger partial charge on any atom is 0.303 e. The second-order valence-corrected chi connectivity index (χ2v) is 7.76. The minimum Gasteiger partial charge on any atom is -0.494 e. The zero-order valence-electron chi connectivity index (χ0n) is 17.3. The molecule has 2 N–H and O–H groups in total. The number of methoxy groups -OCH3 is 2. The number of carboxylic acids is 1. The van der Waals surface area contributed by atoms with Crippen LogP contribution in [0.1, 0.15) is 24.8 Å². The van der Waals surface area contributed by atoms with Crippen LogP contribution in [0.25, 0.3) is 10.2 Å². The molecule has 2 aromatic carbocycles. The normalized spacial score (nSPS) is 10.6. The van der Waals surface area contributed by atoms with Gasteiger partial charge in [-0.3, -0.25) is 9.59 Å². The first-order chi connectivity index (χ1) is 15.0. The van der Waals surface area contributed by atoms with Crippen LogP contribution in [0.2, 0.25) is 0 Å². The van der Waals surface area contributed by atoms with Gasteiger partial charge < -0.3 is 24.6 Å². The van der Waals surface area contributed by atoms with Crippen LogP contribution in [0.4, 0.5) is 5.13 Å². The molecular formula is C22H24N2O6S. The van der Waals surface area contributed by atoms with Crippen molar-refractivity contribution >= 4 is 38.6 Å². The third kappa shape index (κ3) is 6.32. The van der Waals surface area contributed by atoms with Crippen molar-refractivity contribution in [2.75, 3.05) is 26.1 Å². The smallest absolute Gasteiger partial charge is 0.303 e. The fraction of sp³-hybridized carbons (Fsp3) is 0.318. The number of carboxylic acid groups (broad SMARTS) is 1. The van der Waals surface area contributed by atoms with Crippen molar-refractivity contribution in [1.82, 2.24) is 4.98 Å². The lowest BCUT2D eigenvalue weighted by Gasteiger charge is -2.09. The van der Waals surface area contributed by atoms with Crippen LogP contribution in [0.15, 0.2) is 36.4 Å². The molecule has 0 atom stereocenters. The van der Waals surface area contributed by atoms with E-state index < -0.39 is 5.97 Å². The lowest BCUT2D eigenvalue weighted by molar-refractivity contribution is -0.137. The van der Waals surface area contributed by atoms with Crippen LogP contribution in [0.5, 0.6) is 17.2 Å². The molecule has 1 aromatic heterocycles. The van der Waals surface area contributed by atoms with E-state index in [-0.39, 0.29) is 12.3 Å². The Balaban J connectivity index is 1.55. The van der Waals surface area contributed by atoms with Gasteiger partial charge in [-0.1, -0.05) is 17.4 Å². The van der Waals surface area contributed by atoms with Crippen LogP contribution >= 0.6 is 11.3 Å². The number of anilines is 1. The maximum atomic E-state index is 12.4. The van der Waals surface area contributed by atoms with Crippen LogP contribution in [0.3, 0.4) is 0 Å². The highest BCUT2D eigenvalue weighted by molar-refractivity contribution is 7.22. The van der Waals surface area contributed by atoms with Gasteiger partial charge in [0.2, 0.25) is 5.91 Å². The van der Waals surface area contributed by atoms with Gasteiger partial charge in [-0.2, -0.15) is 0 Å². The zero-order chi connectivity index (χ0) is 22.2. The van der Waals surface area contributed by atoms with Crippen molar-refractivity contribution in [1.29, 1.82) is 0 Å². The Morgan fingerprint density at radius 1 is 1.06 bits per heavy atom. The predicted octanol–water partition coefficient (Wildman–Crippen LogP) is 4.13. The molecule has 9 heteroatoms. The number of thiazole rings is 1. The predicted molar refractivity (Wildman–Crippen MR) is 118 cm³/mol. The van der Waals surface area contributed by atoms with Crippen molar-refractivity contribution in [2.45, 2.75) is 25.7 Å². The summed E-state index contributed by atoms with van der Waals surface area (Å²) in [6, 6.07) is 11.0. The second-order valence-electron chi connectivity index (χ2n) is 6.73. The fourth-order valence-corrected chi connectivity index (χ4v) is 3.85. The van der Waals surface area contributed by atoms with Gasteiger partial charge >= 0.3 is 5.97 Å². The molecule has 0 unspecified atom stereocenters. The molecule has 31 heavy (non-hydrogen) atoms. The van der Waals surface area contributed by atoms with Gasteiger partial charge in [-0.25, -0.2) is 4.98 Å². The average Bonchev–Trinajstić information content (AvgIpc) is 3.16. The van der Waals surface area contributed by atoms with Gasteiger partial charge in [0, 0.05) is 12.8 Å². The molecule has 8 nitrogen and oxygen atoms in total. The van der Waals surface area contributed by atoms with E-state index in [1.807, 2.05) is 30.3 Å². The monoisotopic (exact) mass is 444 g/mol. The molecule has 0 spiro atoms. The summed E-state index contributed by atoms with van der Waals surface area (Å²) >= 11 is 1.36. The maximum absolute atomic E-state index is 12.4. The molecular weight excluding hydrogens is 420 g/mol. The first kappa shape index (κ1) is 22.4. The molecule has 164 valence electrons. The number of benzene rings is 2. The number of amides is 1. The largest absolute Gasteiger partial charge is 0.494 e. The van der Waals surface area contributed by atoms with E-state index in [0.29, 0.717) is 48.2 Å². The van der Waals surface area contributed by atoms with E-state index >= 15 is 0 Å². The van der Waals surface area contributed by atoms with Gasteiger partial charge in [0.15, 0.2) is 16.6 Å². The number of hydrogen-bond donors (Lipinski definition) is 2. The number of carbonyl (C=O) groups is 2. The highest BCUT2D eigenvalue weighted by Crippen LogP contribution is 2.30. The Morgan fingerprint density at radius 3 is 2.61 bits per heavy atom. The summed E-state index contributed by atoms with van der Waals surface area (Å²) in [5.74, 6) is 0.961. The summed E-state index contributed by atoms with van der Waals surface area (Å²) in [5.41, 5.74) is 1.74. The Kier molecular flexibility index (Phi) is 7.66. The van der Waals surface area contributed by atoms with Crippen molar-refractivity contribution in [3.63, 3.8) is 0 Å². The number of nitrogens with zero attached hydrogens (tertiary/aromatic N) is 1. The van der Waals surface area contributed by atoms with Gasteiger partial charge in [-0.05, 0) is 48.7 Å². The summed E-state index contributed by atoms with van der Waals surface area (Å²) in [4.78, 5) is 27.3. The molecule has 0 saturated heterocycles. The van der Waals surface area contributed by atoms with Crippen molar-refractivity contribution in [2.24, 2.45) is 0 Å². The van der Waals surface area contributed by atoms with E-state index in [9.17, 15) is 9.59 Å². The molecule has 0 aliphatic carbocycles. The topological polar surface area (TPSA) is 107 Å². The summed E-state index contributed by atoms with van der Waals surface area (Å²) in [6.07, 6.45) is 1.38. The van der Waals surface area contributed by atoms with Gasteiger partial charge in [0.05, 0.1) is 31.0 Å². The molecule has 0 saturated carbocycles. The molecule has 0 aliphatic heterocycles. The second kappa shape index (κ2) is 10.6. The summed E-state index contributed by atoms with van der Waals surface area (Å²) in [6.45, 7) is 0.330. The number of nitrogens with one attached hydrogen (secondary N) is 1. The molecule has 0 fully saturated rings. The number of aliphatic carboxylic acids is 1. The molecule has 0 aliphatic rings. The van der Waals surface area contributed by atoms with Crippen molar-refractivity contribution in [3.8, 4) is 17.2 Å². The number of aryl methyl sites for hydroxylation is 1. The van der Waals surface area contributed by atoms with Gasteiger partial charge in [0.25, 0.3) is 0 Å². The third-order valence-electron chi connectivity index (χ3n) is 4.50. The first-order valence-corrected chi connectivity index (χ1v) is 10.6. The highest BCUT2D eigenvalue weighted by Gasteiger charge is 2.11. The van der Waals surface area contributed by atoms with E-state index in [1.54, 1.807) is 20.3 Å². The average molecular weight is 445 g/mol. The molecule has 1 heterocycles. The Bertz CT molecular complexity index is 1070. The fourth-order valence-electron chi connectivity index (χ4n) is 2.94. The summed E-state index contributed by atoms with van der Waals surface area (Å²) in [7, 11) is 3.16. The van der Waals surface area contributed by atoms with Crippen LogP contribution in [-0.2, 0) is 16.0 Å². The first-order valence-electron chi connectivity index (χ1n) is 9.74. The quantitative estimate of drug-likeness (QED) is 0.428. The van der Waals surface area contributed by atoms with Gasteiger partial charge in [-0.15, -0.1) is 0 Å². The van der Waals surface area contributed by atoms with Crippen LogP contribution in [-0.4, -0.2) is 42.8 Å². The molecule has 0 radical (unpaired) electrons. The Labute approximate surface area is 183 Å². The summed E-state index contributed by atoms with van der Waals surface area (Å²) < 4.78 is 17.0. The number of hydrogen-bond acceptors (Lipinski definition) is 7.